The summed E-state index contributed by atoms with van der Waals surface area (Å²) in [7, 11) is 2.16. The highest BCUT2D eigenvalue weighted by Gasteiger charge is 2.17. The first-order valence-electron chi connectivity index (χ1n) is 12.0. The predicted molar refractivity (Wildman–Crippen MR) is 140 cm³/mol. The monoisotopic (exact) mass is 457 g/mol. The van der Waals surface area contributed by atoms with E-state index < -0.39 is 0 Å². The van der Waals surface area contributed by atoms with E-state index in [9.17, 15) is 0 Å². The summed E-state index contributed by atoms with van der Waals surface area (Å²) < 4.78 is 0. The van der Waals surface area contributed by atoms with E-state index in [4.69, 9.17) is 22.2 Å². The van der Waals surface area contributed by atoms with Gasteiger partial charge in [0, 0.05) is 43.8 Å². The Morgan fingerprint density at radius 3 is 2.56 bits per heavy atom. The van der Waals surface area contributed by atoms with Crippen LogP contribution in [0, 0.1) is 6.92 Å². The lowest BCUT2D eigenvalue weighted by molar-refractivity contribution is 0.280. The highest BCUT2D eigenvalue weighted by molar-refractivity contribution is 7.80. The van der Waals surface area contributed by atoms with Crippen LogP contribution in [0.1, 0.15) is 38.8 Å². The molecule has 32 heavy (non-hydrogen) atoms. The SMILES string of the molecule is CCCCN(CC)CCCNC(=S)Nc1ccc2nc(N3CCN(C)CC3)nc(C)c2c1. The molecule has 0 bridgehead atoms. The summed E-state index contributed by atoms with van der Waals surface area (Å²) in [5, 5.41) is 8.37. The average Bonchev–Trinajstić information content (AvgIpc) is 2.79. The maximum absolute atomic E-state index is 5.51. The fraction of sp³-hybridized carbons (Fsp3) is 0.625. The molecule has 8 heteroatoms. The van der Waals surface area contributed by atoms with Crippen LogP contribution in [0.3, 0.4) is 0 Å². The van der Waals surface area contributed by atoms with Gasteiger partial charge in [-0.1, -0.05) is 20.3 Å². The summed E-state index contributed by atoms with van der Waals surface area (Å²) in [6.45, 7) is 14.8. The van der Waals surface area contributed by atoms with Gasteiger partial charge in [-0.2, -0.15) is 0 Å². The van der Waals surface area contributed by atoms with Crippen molar-refractivity contribution < 1.29 is 0 Å². The molecule has 2 N–H and O–H groups in total. The third-order valence-electron chi connectivity index (χ3n) is 6.13. The molecular formula is C24H39N7S. The molecule has 2 aromatic rings. The Hall–Kier alpha value is -2.03. The number of hydrogen-bond acceptors (Lipinski definition) is 6. The first kappa shape index (κ1) is 24.6. The van der Waals surface area contributed by atoms with Gasteiger partial charge >= 0.3 is 0 Å². The van der Waals surface area contributed by atoms with Crippen molar-refractivity contribution in [2.75, 3.05) is 69.6 Å². The van der Waals surface area contributed by atoms with E-state index in [1.54, 1.807) is 0 Å². The number of benzene rings is 1. The number of likely N-dealkylation sites (N-methyl/N-ethyl adjacent to an activating group) is 1. The molecule has 1 aliphatic rings. The minimum Gasteiger partial charge on any atom is -0.362 e. The summed E-state index contributed by atoms with van der Waals surface area (Å²) in [6, 6.07) is 6.19. The second-order valence-corrected chi connectivity index (χ2v) is 9.06. The number of piperazine rings is 1. The van der Waals surface area contributed by atoms with Crippen molar-refractivity contribution in [2.24, 2.45) is 0 Å². The van der Waals surface area contributed by atoms with E-state index in [1.807, 2.05) is 6.07 Å². The van der Waals surface area contributed by atoms with Crippen LogP contribution in [0.5, 0.6) is 0 Å². The lowest BCUT2D eigenvalue weighted by atomic mass is 10.1. The normalized spacial score (nSPS) is 14.8. The second-order valence-electron chi connectivity index (χ2n) is 8.65. The molecule has 1 aromatic carbocycles. The third kappa shape index (κ3) is 6.98. The van der Waals surface area contributed by atoms with Gasteiger partial charge in [-0.15, -0.1) is 0 Å². The summed E-state index contributed by atoms with van der Waals surface area (Å²) >= 11 is 5.51. The fourth-order valence-electron chi connectivity index (χ4n) is 3.98. The molecule has 0 saturated carbocycles. The number of aromatic nitrogens is 2. The van der Waals surface area contributed by atoms with Crippen LogP contribution in [0.15, 0.2) is 18.2 Å². The summed E-state index contributed by atoms with van der Waals surface area (Å²) in [5.41, 5.74) is 2.94. The Labute approximate surface area is 198 Å². The van der Waals surface area contributed by atoms with Crippen molar-refractivity contribution in [1.29, 1.82) is 0 Å². The summed E-state index contributed by atoms with van der Waals surface area (Å²) in [6.07, 6.45) is 3.60. The van der Waals surface area contributed by atoms with Crippen molar-refractivity contribution >= 4 is 39.9 Å². The van der Waals surface area contributed by atoms with Crippen LogP contribution in [0.2, 0.25) is 0 Å². The molecule has 176 valence electrons. The smallest absolute Gasteiger partial charge is 0.226 e. The Morgan fingerprint density at radius 1 is 1.09 bits per heavy atom. The molecule has 2 heterocycles. The molecule has 3 rings (SSSR count). The summed E-state index contributed by atoms with van der Waals surface area (Å²) in [5.74, 6) is 0.834. The van der Waals surface area contributed by atoms with E-state index in [0.29, 0.717) is 5.11 Å². The molecule has 0 aliphatic carbocycles. The van der Waals surface area contributed by atoms with Crippen molar-refractivity contribution in [2.45, 2.75) is 40.0 Å². The molecule has 0 spiro atoms. The van der Waals surface area contributed by atoms with Gasteiger partial charge in [0.05, 0.1) is 11.2 Å². The van der Waals surface area contributed by atoms with Crippen LogP contribution in [0.4, 0.5) is 11.6 Å². The zero-order valence-corrected chi connectivity index (χ0v) is 21.0. The van der Waals surface area contributed by atoms with Crippen molar-refractivity contribution in [1.82, 2.24) is 25.1 Å². The van der Waals surface area contributed by atoms with Gasteiger partial charge in [0.25, 0.3) is 0 Å². The summed E-state index contributed by atoms with van der Waals surface area (Å²) in [4.78, 5) is 16.7. The lowest BCUT2D eigenvalue weighted by Crippen LogP contribution is -2.45. The first-order chi connectivity index (χ1) is 15.5. The number of nitrogens with one attached hydrogen (secondary N) is 2. The molecule has 1 saturated heterocycles. The van der Waals surface area contributed by atoms with Crippen LogP contribution < -0.4 is 15.5 Å². The maximum Gasteiger partial charge on any atom is 0.226 e. The molecule has 1 aromatic heterocycles. The molecule has 0 atom stereocenters. The predicted octanol–water partition coefficient (Wildman–Crippen LogP) is 3.49. The van der Waals surface area contributed by atoms with Crippen LogP contribution in [-0.4, -0.2) is 84.3 Å². The van der Waals surface area contributed by atoms with Gasteiger partial charge in [-0.25, -0.2) is 9.97 Å². The molecule has 0 unspecified atom stereocenters. The lowest BCUT2D eigenvalue weighted by Gasteiger charge is -2.32. The van der Waals surface area contributed by atoms with E-state index in [0.717, 1.165) is 80.5 Å². The van der Waals surface area contributed by atoms with Crippen LogP contribution in [-0.2, 0) is 0 Å². The number of aryl methyl sites for hydroxylation is 1. The highest BCUT2D eigenvalue weighted by Crippen LogP contribution is 2.23. The van der Waals surface area contributed by atoms with Crippen LogP contribution >= 0.6 is 12.2 Å². The Balaban J connectivity index is 1.53. The van der Waals surface area contributed by atoms with E-state index >= 15 is 0 Å². The zero-order valence-electron chi connectivity index (χ0n) is 20.2. The number of anilines is 2. The Bertz CT molecular complexity index is 880. The number of thiocarbonyl (C=S) groups is 1. The minimum atomic E-state index is 0.661. The zero-order chi connectivity index (χ0) is 22.9. The largest absolute Gasteiger partial charge is 0.362 e. The molecular weight excluding hydrogens is 418 g/mol. The quantitative estimate of drug-likeness (QED) is 0.415. The van der Waals surface area contributed by atoms with Crippen molar-refractivity contribution in [3.63, 3.8) is 0 Å². The third-order valence-corrected chi connectivity index (χ3v) is 6.38. The molecule has 0 amide bonds. The van der Waals surface area contributed by atoms with E-state index in [-0.39, 0.29) is 0 Å². The maximum atomic E-state index is 5.51. The molecule has 0 radical (unpaired) electrons. The van der Waals surface area contributed by atoms with Gasteiger partial charge in [0.1, 0.15) is 0 Å². The Morgan fingerprint density at radius 2 is 1.84 bits per heavy atom. The minimum absolute atomic E-state index is 0.661. The second kappa shape index (κ2) is 12.3. The topological polar surface area (TPSA) is 59.6 Å². The van der Waals surface area contributed by atoms with E-state index in [1.165, 1.54) is 19.4 Å². The first-order valence-corrected chi connectivity index (χ1v) is 12.4. The molecule has 7 nitrogen and oxygen atoms in total. The number of hydrogen-bond donors (Lipinski definition) is 2. The van der Waals surface area contributed by atoms with Crippen molar-refractivity contribution in [3.8, 4) is 0 Å². The van der Waals surface area contributed by atoms with Crippen molar-refractivity contribution in [3.05, 3.63) is 23.9 Å². The Kier molecular flexibility index (Phi) is 9.44. The number of fused-ring (bicyclic) bond motifs is 1. The highest BCUT2D eigenvalue weighted by atomic mass is 32.1. The van der Waals surface area contributed by atoms with Gasteiger partial charge in [-0.3, -0.25) is 0 Å². The molecule has 1 fully saturated rings. The molecule has 1 aliphatic heterocycles. The number of nitrogens with zero attached hydrogens (tertiary/aromatic N) is 5. The van der Waals surface area contributed by atoms with E-state index in [2.05, 4.69) is 65.3 Å². The van der Waals surface area contributed by atoms with Gasteiger partial charge < -0.3 is 25.3 Å². The van der Waals surface area contributed by atoms with Gasteiger partial charge in [0.2, 0.25) is 5.95 Å². The average molecular weight is 458 g/mol. The van der Waals surface area contributed by atoms with Gasteiger partial charge in [-0.05, 0) is 76.9 Å². The van der Waals surface area contributed by atoms with Gasteiger partial charge in [0.15, 0.2) is 5.11 Å². The van der Waals surface area contributed by atoms with Crippen LogP contribution in [0.25, 0.3) is 10.9 Å². The number of rotatable bonds is 10. The standard InChI is InChI=1S/C24H39N7S/c1-5-7-12-30(6-2)13-8-11-25-24(32)27-20-9-10-22-21(18-20)19(3)26-23(28-22)31-16-14-29(4)15-17-31/h9-10,18H,5-8,11-17H2,1-4H3,(H2,25,27,32). The number of unbranched alkanes of at least 4 members (excludes halogenated alkanes) is 1. The fourth-order valence-corrected chi connectivity index (χ4v) is 4.20.